The zero-order valence-corrected chi connectivity index (χ0v) is 40.2. The number of ether oxygens (including phenoxy) is 8. The number of pyridine rings is 1. The van der Waals surface area contributed by atoms with Crippen LogP contribution in [0.25, 0.3) is 0 Å². The van der Waals surface area contributed by atoms with Gasteiger partial charge in [0.15, 0.2) is 12.6 Å². The second-order valence-electron chi connectivity index (χ2n) is 19.5. The topological polar surface area (TPSA) is 188 Å². The fourth-order valence-corrected chi connectivity index (χ4v) is 10.7. The van der Waals surface area contributed by atoms with Crippen LogP contribution in [0.15, 0.2) is 30.6 Å². The highest BCUT2D eigenvalue weighted by atomic mass is 16.7. The van der Waals surface area contributed by atoms with Crippen molar-refractivity contribution in [2.45, 2.75) is 173 Å². The number of rotatable bonds is 9. The number of hydrogen-bond acceptors (Lipinski definition) is 15. The summed E-state index contributed by atoms with van der Waals surface area (Å²) in [5.41, 5.74) is -1.87. The maximum Gasteiger partial charge on any atom is 0.311 e. The normalized spacial score (nSPS) is 42.5. The van der Waals surface area contributed by atoms with Crippen molar-refractivity contribution in [2.24, 2.45) is 29.6 Å². The standard InChI is InChI=1S/C49H73N3O12/c1-15-37-49(11)39(28(3)26-59-49)30(5)40(53)27(2)21-48(10,58-18-16-17-34-20-35(23-50)25-51-24-34)44(64-46-41(54)36(52(12)13)19-29(4)60-46)31(6)42(32(7)45(56)62-37)63-38-22-47(9,57-14)43(55)33(8)61-38/h20,24-25,27,29-33,36-39,41-44,46,54-55H,3,15,18-19,21-22,26H2,1-2,4-14H3/t27?,29-,30?,31+,32-,33+,36+,37-,38+,39+,41-,42+,43?,44-,46+,47-,48-,49-/m1/s1. The lowest BCUT2D eigenvalue weighted by molar-refractivity contribution is -0.320. The van der Waals surface area contributed by atoms with Gasteiger partial charge in [-0.25, -0.2) is 0 Å². The highest BCUT2D eigenvalue weighted by Crippen LogP contribution is 2.47. The first kappa shape index (κ1) is 51.7. The van der Waals surface area contributed by atoms with E-state index in [4.69, 9.17) is 37.9 Å². The van der Waals surface area contributed by atoms with Crippen molar-refractivity contribution in [1.82, 2.24) is 9.88 Å². The molecule has 15 nitrogen and oxygen atoms in total. The lowest BCUT2D eigenvalue weighted by Crippen LogP contribution is -2.61. The van der Waals surface area contributed by atoms with Crippen molar-refractivity contribution in [2.75, 3.05) is 34.4 Å². The molecule has 0 aliphatic carbocycles. The Morgan fingerprint density at radius 1 is 0.984 bits per heavy atom. The summed E-state index contributed by atoms with van der Waals surface area (Å²) in [7, 11) is 5.30. The number of aliphatic hydroxyl groups is 2. The molecule has 4 aliphatic rings. The molecule has 0 bridgehead atoms. The first-order valence-corrected chi connectivity index (χ1v) is 22.8. The van der Waals surface area contributed by atoms with E-state index in [0.717, 1.165) is 5.57 Å². The molecule has 0 radical (unpaired) electrons. The Kier molecular flexibility index (Phi) is 17.0. The molecule has 18 atom stereocenters. The number of cyclic esters (lactones) is 1. The van der Waals surface area contributed by atoms with Gasteiger partial charge in [-0.2, -0.15) is 5.26 Å². The third-order valence-corrected chi connectivity index (χ3v) is 14.4. The Bertz CT molecular complexity index is 1910. The second kappa shape index (κ2) is 21.1. The van der Waals surface area contributed by atoms with Crippen molar-refractivity contribution in [3.63, 3.8) is 0 Å². The predicted octanol–water partition coefficient (Wildman–Crippen LogP) is 4.98. The monoisotopic (exact) mass is 896 g/mol. The van der Waals surface area contributed by atoms with Crippen molar-refractivity contribution < 1.29 is 57.7 Å². The van der Waals surface area contributed by atoms with Gasteiger partial charge in [0, 0.05) is 61.2 Å². The fraction of sp³-hybridized carbons (Fsp3) is 0.755. The van der Waals surface area contributed by atoms with E-state index in [1.807, 2.05) is 67.5 Å². The number of aliphatic hydroxyl groups excluding tert-OH is 2. The van der Waals surface area contributed by atoms with Crippen LogP contribution in [0.1, 0.15) is 106 Å². The quantitative estimate of drug-likeness (QED) is 0.192. The van der Waals surface area contributed by atoms with Gasteiger partial charge in [0.1, 0.15) is 42.4 Å². The average molecular weight is 896 g/mol. The zero-order chi connectivity index (χ0) is 47.5. The van der Waals surface area contributed by atoms with Crippen molar-refractivity contribution >= 4 is 11.8 Å². The summed E-state index contributed by atoms with van der Waals surface area (Å²) in [4.78, 5) is 35.7. The van der Waals surface area contributed by atoms with Crippen molar-refractivity contribution in [1.29, 1.82) is 5.26 Å². The number of likely N-dealkylation sites (N-methyl/N-ethyl adjacent to an activating group) is 1. The van der Waals surface area contributed by atoms with E-state index in [0.29, 0.717) is 24.0 Å². The Balaban J connectivity index is 1.69. The highest BCUT2D eigenvalue weighted by molar-refractivity contribution is 5.84. The number of carbonyl (C=O) groups excluding carboxylic acids is 2. The van der Waals surface area contributed by atoms with Crippen LogP contribution in [-0.4, -0.2) is 144 Å². The zero-order valence-electron chi connectivity index (χ0n) is 40.2. The van der Waals surface area contributed by atoms with Crippen LogP contribution in [0.4, 0.5) is 0 Å². The van der Waals surface area contributed by atoms with Crippen LogP contribution in [0.2, 0.25) is 0 Å². The van der Waals surface area contributed by atoms with E-state index in [1.165, 1.54) is 13.3 Å². The number of methoxy groups -OCH3 is 1. The van der Waals surface area contributed by atoms with Gasteiger partial charge < -0.3 is 53.0 Å². The minimum Gasteiger partial charge on any atom is -0.459 e. The lowest BCUT2D eigenvalue weighted by Gasteiger charge is -2.50. The number of carbonyl (C=O) groups is 2. The maximum atomic E-state index is 14.9. The van der Waals surface area contributed by atoms with Gasteiger partial charge in [0.2, 0.25) is 0 Å². The molecule has 0 spiro atoms. The molecule has 3 unspecified atom stereocenters. The summed E-state index contributed by atoms with van der Waals surface area (Å²) in [5, 5.41) is 32.5. The van der Waals surface area contributed by atoms with E-state index in [9.17, 15) is 25.1 Å². The third kappa shape index (κ3) is 10.9. The molecule has 64 heavy (non-hydrogen) atoms. The summed E-state index contributed by atoms with van der Waals surface area (Å²) in [6, 6.07) is 3.39. The van der Waals surface area contributed by atoms with Gasteiger partial charge in [-0.15, -0.1) is 0 Å². The van der Waals surface area contributed by atoms with Crippen molar-refractivity contribution in [3.05, 3.63) is 41.7 Å². The van der Waals surface area contributed by atoms with Crippen LogP contribution in [0.5, 0.6) is 0 Å². The second-order valence-corrected chi connectivity index (χ2v) is 19.5. The first-order chi connectivity index (χ1) is 30.0. The summed E-state index contributed by atoms with van der Waals surface area (Å²) < 4.78 is 52.4. The lowest BCUT2D eigenvalue weighted by atomic mass is 9.69. The molecule has 5 heterocycles. The molecule has 5 rings (SSSR count). The molecule has 4 saturated heterocycles. The fourth-order valence-electron chi connectivity index (χ4n) is 10.7. The molecular weight excluding hydrogens is 823 g/mol. The number of Topliss-reactive ketones (excluding diaryl/α,β-unsaturated/α-hetero) is 1. The van der Waals surface area contributed by atoms with E-state index in [2.05, 4.69) is 29.5 Å². The molecule has 1 aromatic heterocycles. The van der Waals surface area contributed by atoms with Gasteiger partial charge >= 0.3 is 5.97 Å². The van der Waals surface area contributed by atoms with Gasteiger partial charge in [-0.3, -0.25) is 14.6 Å². The van der Waals surface area contributed by atoms with Gasteiger partial charge in [0.25, 0.3) is 0 Å². The van der Waals surface area contributed by atoms with Crippen molar-refractivity contribution in [3.8, 4) is 17.9 Å². The van der Waals surface area contributed by atoms with Gasteiger partial charge in [-0.05, 0) is 86.5 Å². The Morgan fingerprint density at radius 3 is 2.31 bits per heavy atom. The minimum absolute atomic E-state index is 0.0637. The Morgan fingerprint density at radius 2 is 1.67 bits per heavy atom. The Labute approximate surface area is 380 Å². The number of fused-ring (bicyclic) bond motifs is 1. The largest absolute Gasteiger partial charge is 0.459 e. The van der Waals surface area contributed by atoms with Crippen LogP contribution >= 0.6 is 0 Å². The number of esters is 1. The summed E-state index contributed by atoms with van der Waals surface area (Å²) >= 11 is 0. The molecule has 356 valence electrons. The molecule has 4 aliphatic heterocycles. The van der Waals surface area contributed by atoms with Gasteiger partial charge in [0.05, 0.1) is 53.7 Å². The Hall–Kier alpha value is -3.32. The van der Waals surface area contributed by atoms with Gasteiger partial charge in [-0.1, -0.05) is 46.1 Å². The van der Waals surface area contributed by atoms with Crippen LogP contribution < -0.4 is 0 Å². The minimum atomic E-state index is -1.38. The maximum absolute atomic E-state index is 14.9. The highest BCUT2D eigenvalue weighted by Gasteiger charge is 2.57. The smallest absolute Gasteiger partial charge is 0.311 e. The molecule has 2 N–H and O–H groups in total. The number of hydrogen-bond donors (Lipinski definition) is 2. The molecular formula is C49H73N3O12. The summed E-state index contributed by atoms with van der Waals surface area (Å²) in [5.74, 6) is 2.07. The number of nitrogens with zero attached hydrogens (tertiary/aromatic N) is 3. The third-order valence-electron chi connectivity index (χ3n) is 14.4. The van der Waals surface area contributed by atoms with E-state index in [1.54, 1.807) is 33.0 Å². The van der Waals surface area contributed by atoms with Crippen LogP contribution in [-0.2, 0) is 47.5 Å². The van der Waals surface area contributed by atoms with E-state index >= 15 is 0 Å². The summed E-state index contributed by atoms with van der Waals surface area (Å²) in [6.07, 6.45) is -3.77. The molecule has 0 saturated carbocycles. The van der Waals surface area contributed by atoms with Crippen LogP contribution in [0.3, 0.4) is 0 Å². The average Bonchev–Trinajstić information content (AvgIpc) is 3.57. The first-order valence-electron chi connectivity index (χ1n) is 22.8. The van der Waals surface area contributed by atoms with E-state index in [-0.39, 0.29) is 44.0 Å². The number of aromatic nitrogens is 1. The van der Waals surface area contributed by atoms with E-state index < -0.39 is 102 Å². The summed E-state index contributed by atoms with van der Waals surface area (Å²) in [6.45, 7) is 22.9. The number of ketones is 1. The predicted molar refractivity (Wildman–Crippen MR) is 236 cm³/mol. The number of nitriles is 1. The SMILES string of the molecule is C=C1CO[C@]2(C)[C@@H](CC)OC(=O)[C@H](C)[C@@H](O[C@H]3C[C@@](C)(OC)C(O)[C@H](C)O3)[C@H](C)[C@@H](O[C@@H]3O[C@H](C)C[C@H](N(C)C)[C@H]3O)[C@](C)(OCC#Cc3cncc(C#N)c3)CC(C)C(=O)C(C)[C@H]12. The molecule has 4 fully saturated rings. The van der Waals surface area contributed by atoms with Crippen LogP contribution in [0, 0.1) is 52.8 Å². The molecule has 1 aromatic rings. The molecule has 0 aromatic carbocycles. The molecule has 0 amide bonds. The molecule has 15 heteroatoms.